The molecule has 2 aromatic rings. The second kappa shape index (κ2) is 6.89. The van der Waals surface area contributed by atoms with E-state index in [1.165, 1.54) is 0 Å². The topological polar surface area (TPSA) is 56.3 Å². The van der Waals surface area contributed by atoms with Gasteiger partial charge in [0.1, 0.15) is 0 Å². The van der Waals surface area contributed by atoms with Crippen molar-refractivity contribution in [3.05, 3.63) is 24.3 Å². The molecule has 0 aliphatic rings. The number of ether oxygens (including phenoxy) is 2. The van der Waals surface area contributed by atoms with Crippen LogP contribution in [0.25, 0.3) is 10.9 Å². The van der Waals surface area contributed by atoms with E-state index in [9.17, 15) is 0 Å². The first kappa shape index (κ1) is 13.5. The first-order valence-electron chi connectivity index (χ1n) is 6.47. The Balaban J connectivity index is 2.23. The van der Waals surface area contributed by atoms with Crippen molar-refractivity contribution in [1.29, 1.82) is 0 Å². The Kier molecular flexibility index (Phi) is 4.92. The van der Waals surface area contributed by atoms with Crippen LogP contribution in [0.2, 0.25) is 0 Å². The quantitative estimate of drug-likeness (QED) is 0.776. The smallest absolute Gasteiger partial charge is 0.226 e. The van der Waals surface area contributed by atoms with E-state index < -0.39 is 0 Å². The first-order valence-corrected chi connectivity index (χ1v) is 6.47. The monoisotopic (exact) mass is 261 g/mol. The molecule has 0 aliphatic heterocycles. The molecule has 5 heteroatoms. The minimum Gasteiger partial charge on any atom is -0.477 e. The number of hydrogen-bond acceptors (Lipinski definition) is 5. The lowest BCUT2D eigenvalue weighted by Gasteiger charge is -2.10. The Morgan fingerprint density at radius 3 is 2.79 bits per heavy atom. The zero-order chi connectivity index (χ0) is 13.5. The third-order valence-electron chi connectivity index (χ3n) is 2.63. The summed E-state index contributed by atoms with van der Waals surface area (Å²) in [5.41, 5.74) is 0.884. The van der Waals surface area contributed by atoms with Gasteiger partial charge in [0, 0.05) is 26.7 Å². The van der Waals surface area contributed by atoms with Crippen LogP contribution in [-0.2, 0) is 4.74 Å². The summed E-state index contributed by atoms with van der Waals surface area (Å²) >= 11 is 0. The molecular formula is C14H19N3O2. The van der Waals surface area contributed by atoms with Crippen LogP contribution in [0.5, 0.6) is 5.88 Å². The largest absolute Gasteiger partial charge is 0.477 e. The minimum atomic E-state index is 0.584. The third-order valence-corrected chi connectivity index (χ3v) is 2.63. The number of methoxy groups -OCH3 is 1. The van der Waals surface area contributed by atoms with Crippen molar-refractivity contribution in [2.45, 2.75) is 13.3 Å². The molecule has 0 unspecified atom stereocenters. The van der Waals surface area contributed by atoms with Crippen LogP contribution in [0.1, 0.15) is 13.3 Å². The van der Waals surface area contributed by atoms with Gasteiger partial charge in [0.2, 0.25) is 11.8 Å². The van der Waals surface area contributed by atoms with Gasteiger partial charge in [-0.3, -0.25) is 0 Å². The van der Waals surface area contributed by atoms with Gasteiger partial charge in [0.05, 0.1) is 17.5 Å². The molecule has 102 valence electrons. The van der Waals surface area contributed by atoms with Gasteiger partial charge >= 0.3 is 0 Å². The highest BCUT2D eigenvalue weighted by Crippen LogP contribution is 2.23. The van der Waals surface area contributed by atoms with Gasteiger partial charge in [0.15, 0.2) is 0 Å². The van der Waals surface area contributed by atoms with E-state index in [1.807, 2.05) is 31.2 Å². The number of benzene rings is 1. The molecule has 1 aromatic heterocycles. The summed E-state index contributed by atoms with van der Waals surface area (Å²) in [6, 6.07) is 7.84. The molecular weight excluding hydrogens is 242 g/mol. The van der Waals surface area contributed by atoms with E-state index in [-0.39, 0.29) is 0 Å². The third kappa shape index (κ3) is 3.54. The fourth-order valence-corrected chi connectivity index (χ4v) is 1.77. The summed E-state index contributed by atoms with van der Waals surface area (Å²) in [5.74, 6) is 1.22. The molecule has 0 saturated heterocycles. The number of para-hydroxylation sites is 1. The summed E-state index contributed by atoms with van der Waals surface area (Å²) in [4.78, 5) is 8.85. The number of aromatic nitrogens is 2. The molecule has 5 nitrogen and oxygen atoms in total. The van der Waals surface area contributed by atoms with Crippen molar-refractivity contribution in [2.75, 3.05) is 32.2 Å². The van der Waals surface area contributed by atoms with Crippen molar-refractivity contribution >= 4 is 16.9 Å². The molecule has 0 radical (unpaired) electrons. The van der Waals surface area contributed by atoms with Gasteiger partial charge in [-0.25, -0.2) is 4.98 Å². The Bertz CT molecular complexity index is 531. The second-order valence-electron chi connectivity index (χ2n) is 4.09. The number of hydrogen-bond donors (Lipinski definition) is 1. The van der Waals surface area contributed by atoms with E-state index in [4.69, 9.17) is 9.47 Å². The van der Waals surface area contributed by atoms with Crippen molar-refractivity contribution in [3.8, 4) is 5.88 Å². The maximum absolute atomic E-state index is 5.74. The molecule has 0 aliphatic carbocycles. The van der Waals surface area contributed by atoms with E-state index in [1.54, 1.807) is 7.11 Å². The zero-order valence-corrected chi connectivity index (χ0v) is 11.3. The molecule has 0 bridgehead atoms. The van der Waals surface area contributed by atoms with Crippen molar-refractivity contribution in [3.63, 3.8) is 0 Å². The van der Waals surface area contributed by atoms with Crippen molar-refractivity contribution in [1.82, 2.24) is 9.97 Å². The van der Waals surface area contributed by atoms with Crippen LogP contribution < -0.4 is 10.1 Å². The number of fused-ring (bicyclic) bond motifs is 1. The highest BCUT2D eigenvalue weighted by Gasteiger charge is 2.07. The number of nitrogens with zero attached hydrogens (tertiary/aromatic N) is 2. The molecule has 1 aromatic carbocycles. The van der Waals surface area contributed by atoms with Crippen LogP contribution in [-0.4, -0.2) is 36.8 Å². The van der Waals surface area contributed by atoms with Crippen LogP contribution in [0.3, 0.4) is 0 Å². The predicted molar refractivity (Wildman–Crippen MR) is 75.7 cm³/mol. The fourth-order valence-electron chi connectivity index (χ4n) is 1.77. The minimum absolute atomic E-state index is 0.584. The predicted octanol–water partition coefficient (Wildman–Crippen LogP) is 2.48. The number of rotatable bonds is 7. The van der Waals surface area contributed by atoms with Crippen molar-refractivity contribution < 1.29 is 9.47 Å². The number of anilines is 1. The molecule has 0 atom stereocenters. The lowest BCUT2D eigenvalue weighted by molar-refractivity contribution is 0.171. The molecule has 0 amide bonds. The van der Waals surface area contributed by atoms with Crippen LogP contribution in [0.15, 0.2) is 24.3 Å². The second-order valence-corrected chi connectivity index (χ2v) is 4.09. The molecule has 1 heterocycles. The summed E-state index contributed by atoms with van der Waals surface area (Å²) in [7, 11) is 1.68. The number of nitrogens with one attached hydrogen (secondary N) is 1. The zero-order valence-electron chi connectivity index (χ0n) is 11.3. The summed E-state index contributed by atoms with van der Waals surface area (Å²) in [5, 5.41) is 4.05. The SMILES string of the molecule is CCNc1nc(OCCCOC)c2ccccc2n1. The normalized spacial score (nSPS) is 10.6. The summed E-state index contributed by atoms with van der Waals surface area (Å²) in [6.45, 7) is 4.06. The maximum atomic E-state index is 5.74. The van der Waals surface area contributed by atoms with Crippen molar-refractivity contribution in [2.24, 2.45) is 0 Å². The molecule has 1 N–H and O–H groups in total. The van der Waals surface area contributed by atoms with Gasteiger partial charge in [-0.05, 0) is 19.1 Å². The Labute approximate surface area is 113 Å². The molecule has 2 rings (SSSR count). The first-order chi connectivity index (χ1) is 9.35. The highest BCUT2D eigenvalue weighted by molar-refractivity contribution is 5.84. The van der Waals surface area contributed by atoms with E-state index in [2.05, 4.69) is 15.3 Å². The average molecular weight is 261 g/mol. The van der Waals surface area contributed by atoms with Crippen LogP contribution in [0.4, 0.5) is 5.95 Å². The van der Waals surface area contributed by atoms with Gasteiger partial charge in [-0.1, -0.05) is 12.1 Å². The molecule has 0 saturated carbocycles. The lowest BCUT2D eigenvalue weighted by Crippen LogP contribution is -2.07. The molecule has 0 spiro atoms. The Morgan fingerprint density at radius 2 is 2.00 bits per heavy atom. The highest BCUT2D eigenvalue weighted by atomic mass is 16.5. The molecule has 19 heavy (non-hydrogen) atoms. The van der Waals surface area contributed by atoms with E-state index in [0.29, 0.717) is 25.0 Å². The Hall–Kier alpha value is -1.88. The van der Waals surface area contributed by atoms with Gasteiger partial charge in [-0.15, -0.1) is 0 Å². The fraction of sp³-hybridized carbons (Fsp3) is 0.429. The van der Waals surface area contributed by atoms with Gasteiger partial charge in [-0.2, -0.15) is 4.98 Å². The van der Waals surface area contributed by atoms with Gasteiger partial charge < -0.3 is 14.8 Å². The van der Waals surface area contributed by atoms with Crippen LogP contribution in [0, 0.1) is 0 Å². The standard InChI is InChI=1S/C14H19N3O2/c1-3-15-14-16-12-8-5-4-7-11(12)13(17-14)19-10-6-9-18-2/h4-5,7-8H,3,6,9-10H2,1-2H3,(H,15,16,17). The van der Waals surface area contributed by atoms with Crippen LogP contribution >= 0.6 is 0 Å². The van der Waals surface area contributed by atoms with E-state index >= 15 is 0 Å². The lowest BCUT2D eigenvalue weighted by atomic mass is 10.2. The van der Waals surface area contributed by atoms with Gasteiger partial charge in [0.25, 0.3) is 0 Å². The van der Waals surface area contributed by atoms with E-state index in [0.717, 1.165) is 23.9 Å². The summed E-state index contributed by atoms with van der Waals surface area (Å²) in [6.07, 6.45) is 0.839. The summed E-state index contributed by atoms with van der Waals surface area (Å²) < 4.78 is 10.7. The molecule has 0 fully saturated rings. The Morgan fingerprint density at radius 1 is 1.16 bits per heavy atom. The average Bonchev–Trinajstić information content (AvgIpc) is 2.44. The maximum Gasteiger partial charge on any atom is 0.226 e.